The summed E-state index contributed by atoms with van der Waals surface area (Å²) in [7, 11) is 1.41. The number of methoxy groups -OCH3 is 1. The van der Waals surface area contributed by atoms with Gasteiger partial charge in [-0.15, -0.1) is 13.2 Å². The predicted molar refractivity (Wildman–Crippen MR) is 65.1 cm³/mol. The van der Waals surface area contributed by atoms with Crippen molar-refractivity contribution in [3.63, 3.8) is 0 Å². The van der Waals surface area contributed by atoms with Crippen molar-refractivity contribution in [3.05, 3.63) is 48.3 Å². The van der Waals surface area contributed by atoms with E-state index in [-0.39, 0.29) is 11.3 Å². The Morgan fingerprint density at radius 2 is 1.50 bits per heavy atom. The van der Waals surface area contributed by atoms with E-state index in [1.165, 1.54) is 31.4 Å². The molecule has 2 rings (SSSR count). The molecule has 0 saturated heterocycles. The zero-order valence-corrected chi connectivity index (χ0v) is 10.4. The standard InChI is InChI=1S/C14H10F4O2/c1-19-11-6-7-12(13(15)8-11)9-2-4-10(5-3-9)20-14(16,17)18/h2-8H,1H3. The van der Waals surface area contributed by atoms with E-state index in [4.69, 9.17) is 4.74 Å². The van der Waals surface area contributed by atoms with Crippen LogP contribution in [0.5, 0.6) is 11.5 Å². The number of ether oxygens (including phenoxy) is 2. The summed E-state index contributed by atoms with van der Waals surface area (Å²) in [6.07, 6.45) is -4.74. The monoisotopic (exact) mass is 286 g/mol. The molecule has 0 aliphatic rings. The van der Waals surface area contributed by atoms with Gasteiger partial charge in [0.25, 0.3) is 0 Å². The van der Waals surface area contributed by atoms with Crippen molar-refractivity contribution in [2.45, 2.75) is 6.36 Å². The molecule has 0 aliphatic heterocycles. The Hall–Kier alpha value is -2.24. The maximum absolute atomic E-state index is 13.8. The highest BCUT2D eigenvalue weighted by molar-refractivity contribution is 5.65. The van der Waals surface area contributed by atoms with Gasteiger partial charge in [0.2, 0.25) is 0 Å². The molecule has 0 fully saturated rings. The van der Waals surface area contributed by atoms with E-state index in [0.717, 1.165) is 12.1 Å². The van der Waals surface area contributed by atoms with Crippen molar-refractivity contribution in [1.82, 2.24) is 0 Å². The number of hydrogen-bond donors (Lipinski definition) is 0. The van der Waals surface area contributed by atoms with Crippen molar-refractivity contribution in [1.29, 1.82) is 0 Å². The van der Waals surface area contributed by atoms with Crippen molar-refractivity contribution < 1.29 is 27.0 Å². The molecule has 2 aromatic carbocycles. The van der Waals surface area contributed by atoms with Gasteiger partial charge in [-0.2, -0.15) is 0 Å². The molecule has 20 heavy (non-hydrogen) atoms. The molecule has 0 N–H and O–H groups in total. The molecule has 0 aliphatic carbocycles. The molecule has 0 atom stereocenters. The molecular weight excluding hydrogens is 276 g/mol. The smallest absolute Gasteiger partial charge is 0.497 e. The summed E-state index contributed by atoms with van der Waals surface area (Å²) < 4.78 is 58.5. The van der Waals surface area contributed by atoms with Crippen molar-refractivity contribution in [2.24, 2.45) is 0 Å². The highest BCUT2D eigenvalue weighted by Gasteiger charge is 2.30. The molecule has 2 aromatic rings. The summed E-state index contributed by atoms with van der Waals surface area (Å²) in [5.74, 6) is -0.507. The van der Waals surface area contributed by atoms with E-state index < -0.39 is 12.2 Å². The van der Waals surface area contributed by atoms with E-state index in [1.807, 2.05) is 0 Å². The molecule has 0 amide bonds. The first kappa shape index (κ1) is 14.2. The van der Waals surface area contributed by atoms with Crippen LogP contribution in [0, 0.1) is 5.82 Å². The largest absolute Gasteiger partial charge is 0.573 e. The lowest BCUT2D eigenvalue weighted by molar-refractivity contribution is -0.274. The Kier molecular flexibility index (Phi) is 3.83. The van der Waals surface area contributed by atoms with Gasteiger partial charge >= 0.3 is 6.36 Å². The molecule has 0 radical (unpaired) electrons. The molecule has 0 aromatic heterocycles. The zero-order chi connectivity index (χ0) is 14.8. The Labute approximate surface area is 112 Å². The fourth-order valence-corrected chi connectivity index (χ4v) is 1.69. The van der Waals surface area contributed by atoms with Gasteiger partial charge in [-0.25, -0.2) is 4.39 Å². The predicted octanol–water partition coefficient (Wildman–Crippen LogP) is 4.40. The van der Waals surface area contributed by atoms with Gasteiger partial charge in [-0.05, 0) is 29.8 Å². The van der Waals surface area contributed by atoms with E-state index in [1.54, 1.807) is 6.07 Å². The van der Waals surface area contributed by atoms with E-state index in [0.29, 0.717) is 11.3 Å². The van der Waals surface area contributed by atoms with Crippen LogP contribution in [0.1, 0.15) is 0 Å². The van der Waals surface area contributed by atoms with Crippen LogP contribution >= 0.6 is 0 Å². The van der Waals surface area contributed by atoms with Crippen molar-refractivity contribution in [3.8, 4) is 22.6 Å². The first-order valence-corrected chi connectivity index (χ1v) is 5.59. The quantitative estimate of drug-likeness (QED) is 0.779. The average Bonchev–Trinajstić information content (AvgIpc) is 2.38. The minimum atomic E-state index is -4.74. The van der Waals surface area contributed by atoms with Gasteiger partial charge in [0.1, 0.15) is 17.3 Å². The molecule has 6 heteroatoms. The maximum atomic E-state index is 13.8. The van der Waals surface area contributed by atoms with Crippen LogP contribution in [0.15, 0.2) is 42.5 Å². The van der Waals surface area contributed by atoms with Crippen LogP contribution in [0.2, 0.25) is 0 Å². The fourth-order valence-electron chi connectivity index (χ4n) is 1.69. The van der Waals surface area contributed by atoms with Crippen molar-refractivity contribution >= 4 is 0 Å². The van der Waals surface area contributed by atoms with Crippen LogP contribution in [-0.4, -0.2) is 13.5 Å². The van der Waals surface area contributed by atoms with Gasteiger partial charge in [0.15, 0.2) is 0 Å². The third kappa shape index (κ3) is 3.40. The highest BCUT2D eigenvalue weighted by Crippen LogP contribution is 2.29. The van der Waals surface area contributed by atoms with Crippen LogP contribution in [0.25, 0.3) is 11.1 Å². The minimum Gasteiger partial charge on any atom is -0.497 e. The van der Waals surface area contributed by atoms with E-state index in [9.17, 15) is 17.6 Å². The third-order valence-electron chi connectivity index (χ3n) is 2.58. The molecule has 0 unspecified atom stereocenters. The number of alkyl halides is 3. The number of hydrogen-bond acceptors (Lipinski definition) is 2. The fraction of sp³-hybridized carbons (Fsp3) is 0.143. The Bertz CT molecular complexity index is 591. The Balaban J connectivity index is 2.26. The van der Waals surface area contributed by atoms with Crippen LogP contribution in [-0.2, 0) is 0 Å². The average molecular weight is 286 g/mol. The molecule has 2 nitrogen and oxygen atoms in total. The summed E-state index contributed by atoms with van der Waals surface area (Å²) in [4.78, 5) is 0. The lowest BCUT2D eigenvalue weighted by Crippen LogP contribution is -2.16. The molecule has 0 heterocycles. The summed E-state index contributed by atoms with van der Waals surface area (Å²) in [5.41, 5.74) is 0.712. The topological polar surface area (TPSA) is 18.5 Å². The second kappa shape index (κ2) is 5.40. The van der Waals surface area contributed by atoms with Crippen molar-refractivity contribution in [2.75, 3.05) is 7.11 Å². The molecule has 0 saturated carbocycles. The van der Waals surface area contributed by atoms with Crippen LogP contribution < -0.4 is 9.47 Å². The first-order chi connectivity index (χ1) is 9.39. The summed E-state index contributed by atoms with van der Waals surface area (Å²) in [6.45, 7) is 0. The zero-order valence-electron chi connectivity index (χ0n) is 10.4. The minimum absolute atomic E-state index is 0.268. The number of benzene rings is 2. The second-order valence-corrected chi connectivity index (χ2v) is 3.92. The maximum Gasteiger partial charge on any atom is 0.573 e. The van der Waals surface area contributed by atoms with Gasteiger partial charge in [0, 0.05) is 11.6 Å². The van der Waals surface area contributed by atoms with Gasteiger partial charge in [0.05, 0.1) is 7.11 Å². The Morgan fingerprint density at radius 1 is 0.900 bits per heavy atom. The first-order valence-electron chi connectivity index (χ1n) is 5.59. The normalized spacial score (nSPS) is 11.2. The second-order valence-electron chi connectivity index (χ2n) is 3.92. The lowest BCUT2D eigenvalue weighted by atomic mass is 10.0. The van der Waals surface area contributed by atoms with Crippen LogP contribution in [0.3, 0.4) is 0 Å². The number of rotatable bonds is 3. The summed E-state index contributed by atoms with van der Waals surface area (Å²) in [6, 6.07) is 9.23. The van der Waals surface area contributed by atoms with E-state index in [2.05, 4.69) is 4.74 Å². The summed E-state index contributed by atoms with van der Waals surface area (Å²) >= 11 is 0. The lowest BCUT2D eigenvalue weighted by Gasteiger charge is -2.10. The number of halogens is 4. The molecule has 106 valence electrons. The summed E-state index contributed by atoms with van der Waals surface area (Å²) in [5, 5.41) is 0. The van der Waals surface area contributed by atoms with Gasteiger partial charge in [-0.3, -0.25) is 0 Å². The van der Waals surface area contributed by atoms with Gasteiger partial charge < -0.3 is 9.47 Å². The van der Waals surface area contributed by atoms with Gasteiger partial charge in [-0.1, -0.05) is 12.1 Å². The highest BCUT2D eigenvalue weighted by atomic mass is 19.4. The molecule has 0 bridgehead atoms. The third-order valence-corrected chi connectivity index (χ3v) is 2.58. The SMILES string of the molecule is COc1ccc(-c2ccc(OC(F)(F)F)cc2)c(F)c1. The van der Waals surface area contributed by atoms with E-state index >= 15 is 0 Å². The Morgan fingerprint density at radius 3 is 2.00 bits per heavy atom. The molecular formula is C14H10F4O2. The molecule has 0 spiro atoms. The van der Waals surface area contributed by atoms with Crippen LogP contribution in [0.4, 0.5) is 17.6 Å².